The maximum Gasteiger partial charge on any atom is -0.0771 e. The first-order valence-electron chi connectivity index (χ1n) is 11.1. The minimum absolute atomic E-state index is 0. The summed E-state index contributed by atoms with van der Waals surface area (Å²) >= 11 is -0.508. The first-order valence-corrected chi connectivity index (χ1v) is 14.0. The quantitative estimate of drug-likeness (QED) is 0.278. The molecule has 3 heteroatoms. The molecular formula is C32H26Cl2Zr-4. The topological polar surface area (TPSA) is 0 Å². The third kappa shape index (κ3) is 9.12. The Balaban J connectivity index is 0.000000198. The van der Waals surface area contributed by atoms with Crippen LogP contribution in [0.5, 0.6) is 0 Å². The van der Waals surface area contributed by atoms with Gasteiger partial charge in [-0.2, -0.15) is 18.2 Å². The van der Waals surface area contributed by atoms with Crippen LogP contribution in [0.25, 0.3) is 21.5 Å². The van der Waals surface area contributed by atoms with Crippen molar-refractivity contribution in [2.24, 2.45) is 0 Å². The molecular weight excluding hydrogens is 546 g/mol. The largest absolute Gasteiger partial charge is 1.00 e. The summed E-state index contributed by atoms with van der Waals surface area (Å²) in [6.45, 7) is 0. The van der Waals surface area contributed by atoms with E-state index in [1.807, 2.05) is 30.3 Å². The van der Waals surface area contributed by atoms with Gasteiger partial charge in [0.15, 0.2) is 0 Å². The van der Waals surface area contributed by atoms with Gasteiger partial charge < -0.3 is 24.8 Å². The van der Waals surface area contributed by atoms with Crippen LogP contribution in [-0.4, -0.2) is 7.42 Å². The molecule has 0 unspecified atom stereocenters. The summed E-state index contributed by atoms with van der Waals surface area (Å²) in [6.07, 6.45) is 0. The zero-order valence-corrected chi connectivity index (χ0v) is 23.2. The van der Waals surface area contributed by atoms with Crippen molar-refractivity contribution in [3.63, 3.8) is 0 Å². The fourth-order valence-corrected chi connectivity index (χ4v) is 5.65. The molecule has 0 saturated carbocycles. The van der Waals surface area contributed by atoms with E-state index >= 15 is 0 Å². The summed E-state index contributed by atoms with van der Waals surface area (Å²) in [4.78, 5) is 0. The van der Waals surface area contributed by atoms with Crippen molar-refractivity contribution in [1.82, 2.24) is 0 Å². The van der Waals surface area contributed by atoms with Crippen molar-refractivity contribution < 1.29 is 47.1 Å². The maximum absolute atomic E-state index is 2.40. The molecule has 0 radical (unpaired) electrons. The van der Waals surface area contributed by atoms with Crippen LogP contribution in [0.4, 0.5) is 0 Å². The van der Waals surface area contributed by atoms with Crippen molar-refractivity contribution in [3.8, 4) is 0 Å². The molecule has 176 valence electrons. The predicted octanol–water partition coefficient (Wildman–Crippen LogP) is 1.90. The van der Waals surface area contributed by atoms with Crippen molar-refractivity contribution in [2.75, 3.05) is 0 Å². The molecule has 0 aromatic heterocycles. The molecule has 0 aliphatic carbocycles. The second-order valence-corrected chi connectivity index (χ2v) is 9.80. The summed E-state index contributed by atoms with van der Waals surface area (Å²) in [6, 6.07) is 50.4. The predicted molar refractivity (Wildman–Crippen MR) is 142 cm³/mol. The van der Waals surface area contributed by atoms with Crippen molar-refractivity contribution in [3.05, 3.63) is 157 Å². The van der Waals surface area contributed by atoms with E-state index in [2.05, 4.69) is 123 Å². The van der Waals surface area contributed by atoms with Crippen LogP contribution in [0.3, 0.4) is 0 Å². The number of rotatable bonds is 2. The number of benzene rings is 4. The van der Waals surface area contributed by atoms with Crippen LogP contribution in [0, 0.1) is 0 Å². The zero-order chi connectivity index (χ0) is 22.6. The molecule has 0 N–H and O–H groups in total. The fraction of sp³-hybridized carbons (Fsp3) is 0. The Morgan fingerprint density at radius 2 is 0.857 bits per heavy atom. The van der Waals surface area contributed by atoms with Crippen LogP contribution in [0.2, 0.25) is 0 Å². The van der Waals surface area contributed by atoms with Gasteiger partial charge in [-0.3, -0.25) is 0 Å². The molecule has 0 nitrogen and oxygen atoms in total. The van der Waals surface area contributed by atoms with Gasteiger partial charge in [-0.05, 0) is 0 Å². The van der Waals surface area contributed by atoms with Gasteiger partial charge in [0.05, 0.1) is 0 Å². The normalized spacial score (nSPS) is 9.14. The number of fused-ring (bicyclic) bond motifs is 3. The number of hydrogen-bond acceptors (Lipinski definition) is 0. The van der Waals surface area contributed by atoms with E-state index < -0.39 is 22.3 Å². The smallest absolute Gasteiger partial charge is 0.0771 e. The van der Waals surface area contributed by atoms with Crippen LogP contribution in [0.1, 0.15) is 11.1 Å². The Bertz CT molecular complexity index is 1320. The average molecular weight is 573 g/mol. The monoisotopic (exact) mass is 570 g/mol. The molecule has 0 aliphatic rings. The molecule has 0 fully saturated rings. The van der Waals surface area contributed by atoms with Crippen LogP contribution >= 0.6 is 0 Å². The van der Waals surface area contributed by atoms with Gasteiger partial charge in [-0.1, -0.05) is 36.4 Å². The minimum Gasteiger partial charge on any atom is -1.00 e. The molecule has 0 heterocycles. The molecule has 6 aromatic rings. The summed E-state index contributed by atoms with van der Waals surface area (Å²) in [7, 11) is 0. The third-order valence-corrected chi connectivity index (χ3v) is 7.64. The van der Waals surface area contributed by atoms with E-state index in [1.54, 1.807) is 0 Å². The second-order valence-electron chi connectivity index (χ2n) is 7.56. The SMILES string of the molecule is [CH](=[Zr]=[CH]c1ccccc1)c1ccccc1.[Cl-].[Cl-].c1cc[cH-]c1.c1ccc2c(c1)[cH-]c1ccccc12. The molecule has 0 saturated heterocycles. The van der Waals surface area contributed by atoms with E-state index in [4.69, 9.17) is 0 Å². The van der Waals surface area contributed by atoms with Gasteiger partial charge in [-0.15, -0.1) is 39.7 Å². The summed E-state index contributed by atoms with van der Waals surface area (Å²) in [5.41, 5.74) is 2.72. The summed E-state index contributed by atoms with van der Waals surface area (Å²) < 4.78 is 4.80. The summed E-state index contributed by atoms with van der Waals surface area (Å²) in [5, 5.41) is 5.39. The van der Waals surface area contributed by atoms with Gasteiger partial charge >= 0.3 is 101 Å². The number of hydrogen-bond donors (Lipinski definition) is 0. The van der Waals surface area contributed by atoms with Gasteiger partial charge in [-0.25, -0.2) is 12.1 Å². The van der Waals surface area contributed by atoms with Crippen LogP contribution in [0.15, 0.2) is 146 Å². The molecule has 0 spiro atoms. The third-order valence-electron chi connectivity index (χ3n) is 5.18. The molecule has 0 atom stereocenters. The molecule has 35 heavy (non-hydrogen) atoms. The number of halogens is 2. The van der Waals surface area contributed by atoms with E-state index in [-0.39, 0.29) is 24.8 Å². The molecule has 0 bridgehead atoms. The van der Waals surface area contributed by atoms with Gasteiger partial charge in [0, 0.05) is 0 Å². The minimum atomic E-state index is -0.508. The molecule has 6 aromatic carbocycles. The first-order chi connectivity index (χ1) is 16.4. The Morgan fingerprint density at radius 3 is 1.26 bits per heavy atom. The van der Waals surface area contributed by atoms with Gasteiger partial charge in [0.1, 0.15) is 0 Å². The van der Waals surface area contributed by atoms with Crippen LogP contribution in [-0.2, 0) is 22.3 Å². The van der Waals surface area contributed by atoms with Crippen molar-refractivity contribution >= 4 is 29.0 Å². The average Bonchev–Trinajstić information content (AvgIpc) is 3.58. The molecule has 0 aliphatic heterocycles. The van der Waals surface area contributed by atoms with Crippen molar-refractivity contribution in [2.45, 2.75) is 0 Å². The Labute approximate surface area is 231 Å². The van der Waals surface area contributed by atoms with E-state index in [1.165, 1.54) is 32.7 Å². The first kappa shape index (κ1) is 28.5. The van der Waals surface area contributed by atoms with E-state index in [0.717, 1.165) is 0 Å². The standard InChI is InChI=1S/C13H9.2C7H6.C5H5.2ClH.Zr/c1-3-7-12-10(5-1)9-11-6-2-4-8-13(11)12;2*1-7-5-3-2-4-6-7;1-2-4-5-3-1;;;/h1-9H;2*1-6H;1-5H;2*1H;/q-1;;;-1;;;/p-2. The van der Waals surface area contributed by atoms with E-state index in [0.29, 0.717) is 0 Å². The van der Waals surface area contributed by atoms with Crippen molar-refractivity contribution in [1.29, 1.82) is 0 Å². The van der Waals surface area contributed by atoms with Gasteiger partial charge in [0.25, 0.3) is 0 Å². The Kier molecular flexibility index (Phi) is 13.1. The molecule has 6 rings (SSSR count). The maximum atomic E-state index is 2.40. The summed E-state index contributed by atoms with van der Waals surface area (Å²) in [5.74, 6) is 0. The Hall–Kier alpha value is -2.70. The van der Waals surface area contributed by atoms with E-state index in [9.17, 15) is 0 Å². The van der Waals surface area contributed by atoms with Crippen LogP contribution < -0.4 is 24.8 Å². The second kappa shape index (κ2) is 16.1. The molecule has 0 amide bonds. The zero-order valence-electron chi connectivity index (χ0n) is 19.3. The fourth-order valence-electron chi connectivity index (χ4n) is 3.56. The Morgan fingerprint density at radius 1 is 0.457 bits per heavy atom. The van der Waals surface area contributed by atoms with Gasteiger partial charge in [0.2, 0.25) is 0 Å².